The van der Waals surface area contributed by atoms with E-state index >= 15 is 0 Å². The Labute approximate surface area is 179 Å². The van der Waals surface area contributed by atoms with Gasteiger partial charge in [-0.1, -0.05) is 41.9 Å². The van der Waals surface area contributed by atoms with E-state index in [1.54, 1.807) is 6.20 Å². The maximum absolute atomic E-state index is 6.30. The lowest BCUT2D eigenvalue weighted by atomic mass is 10.1. The summed E-state index contributed by atoms with van der Waals surface area (Å²) in [6, 6.07) is 15.0. The molecule has 1 fully saturated rings. The zero-order chi connectivity index (χ0) is 20.6. The van der Waals surface area contributed by atoms with Gasteiger partial charge in [-0.2, -0.15) is 0 Å². The van der Waals surface area contributed by atoms with Crippen LogP contribution in [-0.2, 0) is 6.42 Å². The van der Waals surface area contributed by atoms with E-state index in [1.807, 2.05) is 19.2 Å². The van der Waals surface area contributed by atoms with E-state index in [1.165, 1.54) is 5.56 Å². The van der Waals surface area contributed by atoms with Crippen molar-refractivity contribution in [1.82, 2.24) is 20.5 Å². The zero-order valence-electron chi connectivity index (χ0n) is 17.5. The number of aliphatic imine (C=N–C) groups is 1. The van der Waals surface area contributed by atoms with Gasteiger partial charge in [0.25, 0.3) is 0 Å². The molecule has 0 bridgehead atoms. The largest absolute Gasteiger partial charge is 0.355 e. The van der Waals surface area contributed by atoms with Gasteiger partial charge in [0.2, 0.25) is 0 Å². The first-order valence-corrected chi connectivity index (χ1v) is 10.5. The standard InChI is InChI=1S/C22H31ClN6/c1-24-22(26-15-19(28(2)3)14-17-8-5-4-6-9-17)27-18-11-13-29(16-18)21-20(23)10-7-12-25-21/h4-10,12,18-19H,11,13-16H2,1-3H3,(H2,24,26,27). The molecule has 1 aromatic heterocycles. The van der Waals surface area contributed by atoms with Gasteiger partial charge in [0.05, 0.1) is 5.02 Å². The molecule has 0 radical (unpaired) electrons. The summed E-state index contributed by atoms with van der Waals surface area (Å²) in [5.74, 6) is 1.70. The summed E-state index contributed by atoms with van der Waals surface area (Å²) in [5, 5.41) is 7.75. The quantitative estimate of drug-likeness (QED) is 0.539. The Kier molecular flexibility index (Phi) is 7.72. The Bertz CT molecular complexity index is 795. The monoisotopic (exact) mass is 414 g/mol. The summed E-state index contributed by atoms with van der Waals surface area (Å²) in [6.07, 6.45) is 3.80. The number of aromatic nitrogens is 1. The van der Waals surface area contributed by atoms with Gasteiger partial charge in [-0.05, 0) is 44.6 Å². The zero-order valence-corrected chi connectivity index (χ0v) is 18.2. The number of rotatable bonds is 7. The molecule has 3 rings (SSSR count). The van der Waals surface area contributed by atoms with Gasteiger partial charge in [0.15, 0.2) is 5.96 Å². The van der Waals surface area contributed by atoms with E-state index in [-0.39, 0.29) is 0 Å². The van der Waals surface area contributed by atoms with Crippen LogP contribution in [0.4, 0.5) is 5.82 Å². The fraction of sp³-hybridized carbons (Fsp3) is 0.455. The molecule has 1 aromatic carbocycles. The summed E-state index contributed by atoms with van der Waals surface area (Å²) < 4.78 is 0. The van der Waals surface area contributed by atoms with Crippen molar-refractivity contribution < 1.29 is 0 Å². The second kappa shape index (κ2) is 10.5. The summed E-state index contributed by atoms with van der Waals surface area (Å²) in [5.41, 5.74) is 1.34. The fourth-order valence-electron chi connectivity index (χ4n) is 3.61. The molecule has 2 heterocycles. The lowest BCUT2D eigenvalue weighted by Crippen LogP contribution is -2.49. The molecule has 0 aliphatic carbocycles. The molecule has 0 amide bonds. The van der Waals surface area contributed by atoms with Crippen molar-refractivity contribution in [3.05, 3.63) is 59.2 Å². The molecular formula is C22H31ClN6. The second-order valence-corrected chi connectivity index (χ2v) is 8.05. The summed E-state index contributed by atoms with van der Waals surface area (Å²) in [4.78, 5) is 13.3. The smallest absolute Gasteiger partial charge is 0.191 e. The van der Waals surface area contributed by atoms with Crippen LogP contribution >= 0.6 is 11.6 Å². The van der Waals surface area contributed by atoms with Gasteiger partial charge in [-0.15, -0.1) is 0 Å². The molecule has 7 heteroatoms. The minimum Gasteiger partial charge on any atom is -0.355 e. The first-order valence-electron chi connectivity index (χ1n) is 10.1. The molecule has 1 aliphatic rings. The van der Waals surface area contributed by atoms with Crippen LogP contribution in [0.15, 0.2) is 53.7 Å². The van der Waals surface area contributed by atoms with E-state index < -0.39 is 0 Å². The van der Waals surface area contributed by atoms with Crippen LogP contribution in [0.2, 0.25) is 5.02 Å². The molecule has 2 unspecified atom stereocenters. The third kappa shape index (κ3) is 6.08. The number of likely N-dealkylation sites (N-methyl/N-ethyl adjacent to an activating group) is 1. The minimum atomic E-state index is 0.311. The van der Waals surface area contributed by atoms with Crippen molar-refractivity contribution >= 4 is 23.4 Å². The Balaban J connectivity index is 1.52. The van der Waals surface area contributed by atoms with Crippen LogP contribution < -0.4 is 15.5 Å². The third-order valence-electron chi connectivity index (χ3n) is 5.34. The highest BCUT2D eigenvalue weighted by atomic mass is 35.5. The molecule has 1 saturated heterocycles. The fourth-order valence-corrected chi connectivity index (χ4v) is 3.85. The molecule has 2 atom stereocenters. The molecule has 29 heavy (non-hydrogen) atoms. The van der Waals surface area contributed by atoms with Gasteiger partial charge >= 0.3 is 0 Å². The summed E-state index contributed by atoms with van der Waals surface area (Å²) in [6.45, 7) is 2.61. The number of hydrogen-bond acceptors (Lipinski definition) is 4. The second-order valence-electron chi connectivity index (χ2n) is 7.65. The van der Waals surface area contributed by atoms with Gasteiger partial charge in [0, 0.05) is 45.0 Å². The maximum atomic E-state index is 6.30. The van der Waals surface area contributed by atoms with Crippen LogP contribution in [0, 0.1) is 0 Å². The Hall–Kier alpha value is -2.31. The number of halogens is 1. The van der Waals surface area contributed by atoms with E-state index in [0.29, 0.717) is 17.1 Å². The highest BCUT2D eigenvalue weighted by molar-refractivity contribution is 6.32. The SMILES string of the molecule is CN=C(NCC(Cc1ccccc1)N(C)C)NC1CCN(c2ncccc2Cl)C1. The normalized spacial score (nSPS) is 18.2. The van der Waals surface area contributed by atoms with Crippen LogP contribution in [0.25, 0.3) is 0 Å². The number of benzene rings is 1. The minimum absolute atomic E-state index is 0.311. The van der Waals surface area contributed by atoms with E-state index in [2.05, 4.69) is 74.8 Å². The number of nitrogens with zero attached hydrogens (tertiary/aromatic N) is 4. The van der Waals surface area contributed by atoms with Crippen molar-refractivity contribution in [3.8, 4) is 0 Å². The van der Waals surface area contributed by atoms with Crippen molar-refractivity contribution in [3.63, 3.8) is 0 Å². The Morgan fingerprint density at radius 1 is 1.28 bits per heavy atom. The summed E-state index contributed by atoms with van der Waals surface area (Å²) >= 11 is 6.30. The predicted molar refractivity (Wildman–Crippen MR) is 122 cm³/mol. The molecule has 0 saturated carbocycles. The van der Waals surface area contributed by atoms with Gasteiger partial charge in [0.1, 0.15) is 5.82 Å². The maximum Gasteiger partial charge on any atom is 0.191 e. The third-order valence-corrected chi connectivity index (χ3v) is 5.64. The Morgan fingerprint density at radius 2 is 2.07 bits per heavy atom. The van der Waals surface area contributed by atoms with Crippen molar-refractivity contribution in [2.45, 2.75) is 24.9 Å². The van der Waals surface area contributed by atoms with Gasteiger partial charge in [-0.3, -0.25) is 4.99 Å². The molecule has 6 nitrogen and oxygen atoms in total. The highest BCUT2D eigenvalue weighted by Crippen LogP contribution is 2.25. The van der Waals surface area contributed by atoms with E-state index in [9.17, 15) is 0 Å². The number of anilines is 1. The molecule has 1 aliphatic heterocycles. The molecule has 2 N–H and O–H groups in total. The number of pyridine rings is 1. The average molecular weight is 415 g/mol. The first-order chi connectivity index (χ1) is 14.1. The van der Waals surface area contributed by atoms with Crippen molar-refractivity contribution in [2.75, 3.05) is 45.7 Å². The van der Waals surface area contributed by atoms with Crippen LogP contribution in [0.5, 0.6) is 0 Å². The molecular weight excluding hydrogens is 384 g/mol. The van der Waals surface area contributed by atoms with Crippen LogP contribution in [0.1, 0.15) is 12.0 Å². The molecule has 156 valence electrons. The first kappa shape index (κ1) is 21.4. The highest BCUT2D eigenvalue weighted by Gasteiger charge is 2.25. The summed E-state index contributed by atoms with van der Waals surface area (Å²) in [7, 11) is 6.06. The number of guanidine groups is 1. The Morgan fingerprint density at radius 3 is 2.76 bits per heavy atom. The molecule has 0 spiro atoms. The lowest BCUT2D eigenvalue weighted by Gasteiger charge is -2.26. The number of hydrogen-bond donors (Lipinski definition) is 2. The van der Waals surface area contributed by atoms with Gasteiger partial charge < -0.3 is 20.4 Å². The lowest BCUT2D eigenvalue weighted by molar-refractivity contribution is 0.290. The van der Waals surface area contributed by atoms with Gasteiger partial charge in [-0.25, -0.2) is 4.98 Å². The predicted octanol–water partition coefficient (Wildman–Crippen LogP) is 2.65. The average Bonchev–Trinajstić information content (AvgIpc) is 3.19. The van der Waals surface area contributed by atoms with Crippen molar-refractivity contribution in [1.29, 1.82) is 0 Å². The van der Waals surface area contributed by atoms with E-state index in [4.69, 9.17) is 11.6 Å². The molecule has 2 aromatic rings. The van der Waals surface area contributed by atoms with Crippen LogP contribution in [0.3, 0.4) is 0 Å². The number of nitrogens with one attached hydrogen (secondary N) is 2. The topological polar surface area (TPSA) is 55.8 Å². The van der Waals surface area contributed by atoms with E-state index in [0.717, 1.165) is 44.3 Å². The van der Waals surface area contributed by atoms with Crippen LogP contribution in [-0.4, -0.2) is 68.7 Å². The van der Waals surface area contributed by atoms with Crippen molar-refractivity contribution in [2.24, 2.45) is 4.99 Å².